The molecule has 6 nitrogen and oxygen atoms in total. The number of carbonyl (C=O) groups is 2. The molecular weight excluding hydrogens is 316 g/mol. The summed E-state index contributed by atoms with van der Waals surface area (Å²) in [5, 5.41) is 15.3. The molecule has 23 heavy (non-hydrogen) atoms. The van der Waals surface area contributed by atoms with Gasteiger partial charge in [0.15, 0.2) is 0 Å². The summed E-state index contributed by atoms with van der Waals surface area (Å²) >= 11 is 1.49. The van der Waals surface area contributed by atoms with Crippen LogP contribution in [0.2, 0.25) is 0 Å². The monoisotopic (exact) mass is 334 g/mol. The molecule has 0 bridgehead atoms. The fraction of sp³-hybridized carbons (Fsp3) is 0.312. The lowest BCUT2D eigenvalue weighted by atomic mass is 10.2. The summed E-state index contributed by atoms with van der Waals surface area (Å²) in [6.45, 7) is 5.16. The molecule has 7 heteroatoms. The number of amides is 1. The third kappa shape index (κ3) is 4.13. The minimum Gasteiger partial charge on any atom is -0.480 e. The van der Waals surface area contributed by atoms with Gasteiger partial charge in [0.05, 0.1) is 11.3 Å². The highest BCUT2D eigenvalue weighted by Gasteiger charge is 2.18. The zero-order valence-electron chi connectivity index (χ0n) is 13.1. The van der Waals surface area contributed by atoms with Crippen LogP contribution in [0.15, 0.2) is 33.7 Å². The van der Waals surface area contributed by atoms with Gasteiger partial charge >= 0.3 is 5.97 Å². The van der Waals surface area contributed by atoms with Gasteiger partial charge in [-0.05, 0) is 32.9 Å². The van der Waals surface area contributed by atoms with Crippen LogP contribution in [-0.2, 0) is 10.5 Å². The SMILES string of the molecule is Cc1noc(C)c1CSc1ccccc1C(=O)N[C@@H](C)C(=O)O. The van der Waals surface area contributed by atoms with Gasteiger partial charge in [0.25, 0.3) is 5.91 Å². The number of carboxylic acid groups (broad SMARTS) is 1. The minimum absolute atomic E-state index is 0.401. The summed E-state index contributed by atoms with van der Waals surface area (Å²) in [5.41, 5.74) is 2.29. The van der Waals surface area contributed by atoms with Crippen molar-refractivity contribution < 1.29 is 19.2 Å². The quantitative estimate of drug-likeness (QED) is 0.789. The van der Waals surface area contributed by atoms with Gasteiger partial charge < -0.3 is 14.9 Å². The fourth-order valence-corrected chi connectivity index (χ4v) is 3.18. The Morgan fingerprint density at radius 2 is 2.04 bits per heavy atom. The van der Waals surface area contributed by atoms with Gasteiger partial charge in [-0.25, -0.2) is 0 Å². The Morgan fingerprint density at radius 3 is 2.65 bits per heavy atom. The van der Waals surface area contributed by atoms with Crippen molar-refractivity contribution in [2.24, 2.45) is 0 Å². The third-order valence-corrected chi connectivity index (χ3v) is 4.50. The number of nitrogens with one attached hydrogen (secondary N) is 1. The number of aliphatic carboxylic acids is 1. The number of aryl methyl sites for hydroxylation is 2. The van der Waals surface area contributed by atoms with Crippen molar-refractivity contribution in [2.75, 3.05) is 0 Å². The van der Waals surface area contributed by atoms with Crippen LogP contribution in [0.1, 0.15) is 34.3 Å². The van der Waals surface area contributed by atoms with E-state index < -0.39 is 17.9 Å². The molecule has 2 aromatic rings. The lowest BCUT2D eigenvalue weighted by molar-refractivity contribution is -0.138. The predicted octanol–water partition coefficient (Wildman–Crippen LogP) is 2.79. The van der Waals surface area contributed by atoms with E-state index in [1.54, 1.807) is 12.1 Å². The topological polar surface area (TPSA) is 92.4 Å². The van der Waals surface area contributed by atoms with Crippen LogP contribution in [0.3, 0.4) is 0 Å². The summed E-state index contributed by atoms with van der Waals surface area (Å²) in [6.07, 6.45) is 0. The molecule has 1 aromatic carbocycles. The van der Waals surface area contributed by atoms with Gasteiger partial charge in [0.1, 0.15) is 11.8 Å². The van der Waals surface area contributed by atoms with Crippen LogP contribution in [0.5, 0.6) is 0 Å². The number of thioether (sulfide) groups is 1. The van der Waals surface area contributed by atoms with E-state index in [4.69, 9.17) is 9.63 Å². The molecule has 1 aromatic heterocycles. The van der Waals surface area contributed by atoms with Gasteiger partial charge in [-0.3, -0.25) is 9.59 Å². The largest absolute Gasteiger partial charge is 0.480 e. The molecule has 0 radical (unpaired) electrons. The second kappa shape index (κ2) is 7.32. The molecule has 0 aliphatic carbocycles. The van der Waals surface area contributed by atoms with Gasteiger partial charge in [-0.15, -0.1) is 11.8 Å². The molecule has 2 rings (SSSR count). The van der Waals surface area contributed by atoms with E-state index in [1.165, 1.54) is 18.7 Å². The second-order valence-electron chi connectivity index (χ2n) is 5.12. The van der Waals surface area contributed by atoms with Crippen molar-refractivity contribution >= 4 is 23.6 Å². The summed E-state index contributed by atoms with van der Waals surface area (Å²) in [6, 6.07) is 6.17. The van der Waals surface area contributed by atoms with Crippen LogP contribution < -0.4 is 5.32 Å². The predicted molar refractivity (Wildman–Crippen MR) is 86.5 cm³/mol. The average molecular weight is 334 g/mol. The number of aromatic nitrogens is 1. The van der Waals surface area contributed by atoms with Crippen LogP contribution in [0.25, 0.3) is 0 Å². The molecule has 1 amide bonds. The highest BCUT2D eigenvalue weighted by Crippen LogP contribution is 2.28. The number of nitrogens with zero attached hydrogens (tertiary/aromatic N) is 1. The standard InChI is InChI=1S/C16H18N2O4S/c1-9-13(11(3)22-18-9)8-23-14-7-5-4-6-12(14)15(19)17-10(2)16(20)21/h4-7,10H,8H2,1-3H3,(H,17,19)(H,20,21)/t10-/m0/s1. The van der Waals surface area contributed by atoms with Crippen molar-refractivity contribution in [3.05, 3.63) is 46.8 Å². The van der Waals surface area contributed by atoms with Crippen molar-refractivity contribution in [3.8, 4) is 0 Å². The molecule has 0 aliphatic heterocycles. The molecule has 0 saturated heterocycles. The van der Waals surface area contributed by atoms with E-state index in [9.17, 15) is 9.59 Å². The molecule has 1 atom stereocenters. The van der Waals surface area contributed by atoms with Gasteiger partial charge in [-0.2, -0.15) is 0 Å². The van der Waals surface area contributed by atoms with Crippen molar-refractivity contribution in [2.45, 2.75) is 37.5 Å². The Balaban J connectivity index is 2.14. The first kappa shape index (κ1) is 17.1. The van der Waals surface area contributed by atoms with Crippen LogP contribution >= 0.6 is 11.8 Å². The molecule has 2 N–H and O–H groups in total. The fourth-order valence-electron chi connectivity index (χ4n) is 1.97. The average Bonchev–Trinajstić information content (AvgIpc) is 2.84. The van der Waals surface area contributed by atoms with E-state index in [-0.39, 0.29) is 0 Å². The normalized spacial score (nSPS) is 12.0. The number of hydrogen-bond donors (Lipinski definition) is 2. The molecular formula is C16H18N2O4S. The number of carbonyl (C=O) groups excluding carboxylic acids is 1. The summed E-state index contributed by atoms with van der Waals surface area (Å²) in [5.74, 6) is -0.0858. The first-order valence-corrected chi connectivity index (χ1v) is 8.06. The molecule has 0 unspecified atom stereocenters. The van der Waals surface area contributed by atoms with Gasteiger partial charge in [0.2, 0.25) is 0 Å². The number of benzene rings is 1. The Kier molecular flexibility index (Phi) is 5.44. The van der Waals surface area contributed by atoms with Crippen LogP contribution in [0, 0.1) is 13.8 Å². The number of carboxylic acids is 1. The van der Waals surface area contributed by atoms with Gasteiger partial charge in [0, 0.05) is 16.2 Å². The lowest BCUT2D eigenvalue weighted by Crippen LogP contribution is -2.38. The first-order valence-electron chi connectivity index (χ1n) is 7.07. The van der Waals surface area contributed by atoms with E-state index in [2.05, 4.69) is 10.5 Å². The molecule has 0 fully saturated rings. The van der Waals surface area contributed by atoms with Crippen molar-refractivity contribution in [1.29, 1.82) is 0 Å². The zero-order chi connectivity index (χ0) is 17.0. The Labute approximate surface area is 138 Å². The maximum Gasteiger partial charge on any atom is 0.325 e. The van der Waals surface area contributed by atoms with Crippen molar-refractivity contribution in [3.63, 3.8) is 0 Å². The van der Waals surface area contributed by atoms with E-state index >= 15 is 0 Å². The summed E-state index contributed by atoms with van der Waals surface area (Å²) in [4.78, 5) is 23.9. The van der Waals surface area contributed by atoms with Crippen molar-refractivity contribution in [1.82, 2.24) is 10.5 Å². The first-order chi connectivity index (χ1) is 10.9. The summed E-state index contributed by atoms with van der Waals surface area (Å²) in [7, 11) is 0. The molecule has 0 aliphatic rings. The van der Waals surface area contributed by atoms with E-state index in [0.717, 1.165) is 21.9 Å². The van der Waals surface area contributed by atoms with Crippen LogP contribution in [0.4, 0.5) is 0 Å². The van der Waals surface area contributed by atoms with Gasteiger partial charge in [-0.1, -0.05) is 17.3 Å². The smallest absolute Gasteiger partial charge is 0.325 e. The third-order valence-electron chi connectivity index (χ3n) is 3.40. The molecule has 0 spiro atoms. The highest BCUT2D eigenvalue weighted by molar-refractivity contribution is 7.98. The Hall–Kier alpha value is -2.28. The van der Waals surface area contributed by atoms with Crippen LogP contribution in [-0.4, -0.2) is 28.2 Å². The molecule has 1 heterocycles. The Bertz CT molecular complexity index is 707. The maximum absolute atomic E-state index is 12.3. The molecule has 122 valence electrons. The summed E-state index contributed by atoms with van der Waals surface area (Å²) < 4.78 is 5.13. The Morgan fingerprint density at radius 1 is 1.35 bits per heavy atom. The maximum atomic E-state index is 12.3. The van der Waals surface area contributed by atoms with E-state index in [1.807, 2.05) is 26.0 Å². The zero-order valence-corrected chi connectivity index (χ0v) is 13.9. The lowest BCUT2D eigenvalue weighted by Gasteiger charge is -2.12. The van der Waals surface area contributed by atoms with E-state index in [0.29, 0.717) is 11.3 Å². The number of rotatable bonds is 6. The molecule has 0 saturated carbocycles. The highest BCUT2D eigenvalue weighted by atomic mass is 32.2. The number of hydrogen-bond acceptors (Lipinski definition) is 5. The minimum atomic E-state index is -1.07. The second-order valence-corrected chi connectivity index (χ2v) is 6.14.